The summed E-state index contributed by atoms with van der Waals surface area (Å²) in [5.41, 5.74) is 6.20. The molecule has 0 heterocycles. The molecule has 2 heteroatoms. The molecule has 0 aliphatic heterocycles. The molecule has 4 aliphatic rings. The number of allylic oxidation sites excluding steroid dienone is 3. The van der Waals surface area contributed by atoms with Crippen LogP contribution in [0.15, 0.2) is 23.3 Å². The van der Waals surface area contributed by atoms with E-state index in [-0.39, 0.29) is 0 Å². The molecule has 266 valence electrons. The molecule has 46 heavy (non-hydrogen) atoms. The second-order valence-corrected chi connectivity index (χ2v) is 23.7. The maximum atomic E-state index is 5.14. The van der Waals surface area contributed by atoms with E-state index in [0.29, 0.717) is 33.3 Å². The first-order chi connectivity index (χ1) is 21.5. The summed E-state index contributed by atoms with van der Waals surface area (Å²) in [5, 5.41) is 0.561. The summed E-state index contributed by atoms with van der Waals surface area (Å²) >= 11 is 4.95. The summed E-state index contributed by atoms with van der Waals surface area (Å²) in [6, 6.07) is 0. The average Bonchev–Trinajstić information content (AvgIpc) is 3.37. The molecule has 4 fully saturated rings. The van der Waals surface area contributed by atoms with Crippen molar-refractivity contribution in [3.05, 3.63) is 23.3 Å². The summed E-state index contributed by atoms with van der Waals surface area (Å²) in [6.45, 7) is 30.7. The van der Waals surface area contributed by atoms with Gasteiger partial charge in [-0.1, -0.05) is 87.0 Å². The second kappa shape index (κ2) is 15.2. The van der Waals surface area contributed by atoms with Crippen molar-refractivity contribution in [3.63, 3.8) is 0 Å². The molecule has 0 N–H and O–H groups in total. The molecule has 0 radical (unpaired) electrons. The van der Waals surface area contributed by atoms with Crippen molar-refractivity contribution in [2.24, 2.45) is 63.6 Å². The van der Waals surface area contributed by atoms with Gasteiger partial charge in [0, 0.05) is 5.25 Å². The third-order valence-electron chi connectivity index (χ3n) is 16.2. The highest BCUT2D eigenvalue weighted by Gasteiger charge is 2.63. The number of rotatable bonds is 14. The molecule has 0 bridgehead atoms. The molecular formula is C44H79PS. The second-order valence-electron chi connectivity index (χ2n) is 19.0. The first kappa shape index (κ1) is 38.9. The van der Waals surface area contributed by atoms with Crippen LogP contribution in [0.5, 0.6) is 0 Å². The molecule has 12 atom stereocenters. The highest BCUT2D eigenvalue weighted by molar-refractivity contribution is 7.81. The van der Waals surface area contributed by atoms with Crippen LogP contribution >= 0.6 is 19.5 Å². The van der Waals surface area contributed by atoms with Crippen molar-refractivity contribution < 1.29 is 0 Å². The Morgan fingerprint density at radius 3 is 2.17 bits per heavy atom. The Balaban J connectivity index is 1.47. The zero-order valence-corrected chi connectivity index (χ0v) is 34.6. The molecule has 0 saturated heterocycles. The standard InChI is InChI=1S/C44H79PS/c1-14-32(8)35(15-2)37(30(4)5)29-45(13,16-3)28-34-21-26-44(12)40-23-25-43(11)38(33(9)17-20-41(46)31(6)7)18-19-39(43)36(40)22-24-42(44,10)27-34/h31-34,36,38-41,46H,4,13-29H2,1-3,5-12H3/b37-35-/t32?,33-,34?,36?,38?,39+,40?,41?,42?,43?,44?,45?/m1/s1. The predicted octanol–water partition coefficient (Wildman–Crippen LogP) is 13.8. The summed E-state index contributed by atoms with van der Waals surface area (Å²) < 4.78 is 0. The van der Waals surface area contributed by atoms with Crippen LogP contribution in [0.2, 0.25) is 0 Å². The third kappa shape index (κ3) is 7.43. The summed E-state index contributed by atoms with van der Waals surface area (Å²) in [7, 11) is 0. The van der Waals surface area contributed by atoms with E-state index in [0.717, 1.165) is 41.9 Å². The van der Waals surface area contributed by atoms with Crippen LogP contribution in [0.4, 0.5) is 0 Å². The maximum absolute atomic E-state index is 5.14. The van der Waals surface area contributed by atoms with Crippen LogP contribution in [0.25, 0.3) is 0 Å². The number of hydrogen-bond donors (Lipinski definition) is 1. The Morgan fingerprint density at radius 2 is 1.59 bits per heavy atom. The summed E-state index contributed by atoms with van der Waals surface area (Å²) in [5.74, 6) is 6.90. The lowest BCUT2D eigenvalue weighted by atomic mass is 9.39. The van der Waals surface area contributed by atoms with E-state index >= 15 is 0 Å². The molecular weight excluding hydrogens is 592 g/mol. The van der Waals surface area contributed by atoms with E-state index in [1.54, 1.807) is 11.1 Å². The quantitative estimate of drug-likeness (QED) is 0.106. The molecule has 4 aliphatic carbocycles. The molecule has 0 aromatic carbocycles. The van der Waals surface area contributed by atoms with Crippen molar-refractivity contribution >= 4 is 25.8 Å². The largest absolute Gasteiger partial charge is 0.176 e. The van der Waals surface area contributed by atoms with Crippen molar-refractivity contribution in [2.45, 2.75) is 165 Å². The van der Waals surface area contributed by atoms with Gasteiger partial charge in [-0.3, -0.25) is 0 Å². The van der Waals surface area contributed by atoms with Crippen LogP contribution < -0.4 is 0 Å². The van der Waals surface area contributed by atoms with Gasteiger partial charge in [-0.2, -0.15) is 12.6 Å². The van der Waals surface area contributed by atoms with Gasteiger partial charge in [0.2, 0.25) is 0 Å². The fourth-order valence-electron chi connectivity index (χ4n) is 12.7. The molecule has 0 aromatic rings. The highest BCUT2D eigenvalue weighted by Crippen LogP contribution is 2.72. The molecule has 4 saturated carbocycles. The lowest BCUT2D eigenvalue weighted by molar-refractivity contribution is -0.161. The Hall–Kier alpha value is 0.130. The van der Waals surface area contributed by atoms with Crippen molar-refractivity contribution in [2.75, 3.05) is 18.5 Å². The Kier molecular flexibility index (Phi) is 12.8. The van der Waals surface area contributed by atoms with Crippen LogP contribution in [0.1, 0.15) is 160 Å². The number of fused-ring (bicyclic) bond motifs is 5. The fourth-order valence-corrected chi connectivity index (χ4v) is 16.0. The van der Waals surface area contributed by atoms with Gasteiger partial charge in [0.05, 0.1) is 0 Å². The minimum absolute atomic E-state index is 0.505. The molecule has 4 rings (SSSR count). The van der Waals surface area contributed by atoms with Gasteiger partial charge in [0.25, 0.3) is 0 Å². The summed E-state index contributed by atoms with van der Waals surface area (Å²) in [4.78, 5) is 0. The predicted molar refractivity (Wildman–Crippen MR) is 215 cm³/mol. The van der Waals surface area contributed by atoms with E-state index < -0.39 is 6.89 Å². The topological polar surface area (TPSA) is 0 Å². The van der Waals surface area contributed by atoms with Gasteiger partial charge in [-0.05, 0) is 178 Å². The summed E-state index contributed by atoms with van der Waals surface area (Å²) in [6.07, 6.45) is 27.5. The molecule has 0 aromatic heterocycles. The number of thiol groups is 1. The van der Waals surface area contributed by atoms with Crippen molar-refractivity contribution in [1.29, 1.82) is 0 Å². The molecule has 0 amide bonds. The van der Waals surface area contributed by atoms with Crippen LogP contribution in [0, 0.1) is 63.6 Å². The smallest absolute Gasteiger partial charge is 0.00399 e. The minimum Gasteiger partial charge on any atom is -0.176 e. The monoisotopic (exact) mass is 671 g/mol. The Morgan fingerprint density at radius 1 is 0.891 bits per heavy atom. The van der Waals surface area contributed by atoms with Crippen molar-refractivity contribution in [1.82, 2.24) is 0 Å². The van der Waals surface area contributed by atoms with Gasteiger partial charge in [-0.15, -0.1) is 13.2 Å². The first-order valence-corrected chi connectivity index (χ1v) is 23.3. The first-order valence-electron chi connectivity index (χ1n) is 20.2. The van der Waals surface area contributed by atoms with E-state index in [9.17, 15) is 0 Å². The third-order valence-corrected chi connectivity index (χ3v) is 20.7. The van der Waals surface area contributed by atoms with Gasteiger partial charge in [0.15, 0.2) is 0 Å². The van der Waals surface area contributed by atoms with E-state index in [4.69, 9.17) is 18.9 Å². The van der Waals surface area contributed by atoms with Crippen LogP contribution in [-0.4, -0.2) is 30.0 Å². The Bertz CT molecular complexity index is 1130. The Labute approximate surface area is 295 Å². The minimum atomic E-state index is -1.31. The SMILES string of the molecule is C=C(C)/C(CP(=C)(CC)CC1CCC2(C)C3CCC4(C)C([C@H](C)CCC(S)C(C)C)CC[C@H]4C3CCC2(C)C1)=C(/CC)C(C)CC. The van der Waals surface area contributed by atoms with Gasteiger partial charge >= 0.3 is 0 Å². The normalized spacial score (nSPS) is 39.8. The van der Waals surface area contributed by atoms with Crippen LogP contribution in [-0.2, 0) is 0 Å². The fraction of sp³-hybridized carbons (Fsp3) is 0.886. The molecule has 0 nitrogen and oxygen atoms in total. The van der Waals surface area contributed by atoms with Gasteiger partial charge < -0.3 is 0 Å². The lowest BCUT2D eigenvalue weighted by Gasteiger charge is -2.66. The zero-order valence-electron chi connectivity index (χ0n) is 32.8. The van der Waals surface area contributed by atoms with Gasteiger partial charge in [0.1, 0.15) is 0 Å². The molecule has 10 unspecified atom stereocenters. The maximum Gasteiger partial charge on any atom is 0.00399 e. The van der Waals surface area contributed by atoms with E-state index in [2.05, 4.69) is 82.7 Å². The van der Waals surface area contributed by atoms with E-state index in [1.165, 1.54) is 101 Å². The van der Waals surface area contributed by atoms with E-state index in [1.807, 2.05) is 0 Å². The molecule has 0 spiro atoms. The lowest BCUT2D eigenvalue weighted by Crippen LogP contribution is -2.58. The zero-order chi connectivity index (χ0) is 34.2. The highest BCUT2D eigenvalue weighted by atomic mass is 32.1. The van der Waals surface area contributed by atoms with Crippen molar-refractivity contribution in [3.8, 4) is 0 Å². The van der Waals surface area contributed by atoms with Gasteiger partial charge in [-0.25, -0.2) is 0 Å². The average molecular weight is 671 g/mol. The number of hydrogen-bond acceptors (Lipinski definition) is 1. The van der Waals surface area contributed by atoms with Crippen LogP contribution in [0.3, 0.4) is 0 Å².